The van der Waals surface area contributed by atoms with Gasteiger partial charge in [-0.2, -0.15) is 0 Å². The van der Waals surface area contributed by atoms with Gasteiger partial charge in [-0.1, -0.05) is 5.92 Å². The molecule has 5 heteroatoms. The van der Waals surface area contributed by atoms with E-state index in [0.29, 0.717) is 13.2 Å². The third-order valence-electron chi connectivity index (χ3n) is 1.92. The average molecular weight is 229 g/mol. The molecule has 1 radical (unpaired) electrons. The minimum atomic E-state index is -1.61. The molecule has 0 aliphatic carbocycles. The predicted octanol–water partition coefficient (Wildman–Crippen LogP) is 0.986. The predicted molar refractivity (Wildman–Crippen MR) is 54.9 cm³/mol. The summed E-state index contributed by atoms with van der Waals surface area (Å²) in [5.74, 6) is -0.583. The lowest BCUT2D eigenvalue weighted by Crippen LogP contribution is -2.48. The van der Waals surface area contributed by atoms with Crippen molar-refractivity contribution in [2.45, 2.75) is 32.3 Å². The summed E-state index contributed by atoms with van der Waals surface area (Å²) in [6, 6.07) is 0. The Morgan fingerprint density at radius 2 is 1.88 bits per heavy atom. The van der Waals surface area contributed by atoms with Crippen molar-refractivity contribution in [3.05, 3.63) is 6.29 Å². The standard InChI is InChI=1S/C11H17O5/c1-5-8(9(12)13)11(14-6-7-15-11)16-10(2,3)4/h1,8,12-13H,6-7H2,2-4H3. The van der Waals surface area contributed by atoms with Gasteiger partial charge in [0.05, 0.1) is 18.8 Å². The minimum Gasteiger partial charge on any atom is -0.360 e. The summed E-state index contributed by atoms with van der Waals surface area (Å²) in [4.78, 5) is 0. The van der Waals surface area contributed by atoms with Crippen molar-refractivity contribution in [2.75, 3.05) is 13.2 Å². The Kier molecular flexibility index (Phi) is 3.94. The summed E-state index contributed by atoms with van der Waals surface area (Å²) in [6.45, 7) is 5.97. The highest BCUT2D eigenvalue weighted by Gasteiger charge is 2.51. The van der Waals surface area contributed by atoms with Crippen molar-refractivity contribution in [1.82, 2.24) is 0 Å². The maximum atomic E-state index is 9.12. The summed E-state index contributed by atoms with van der Waals surface area (Å²) >= 11 is 0. The number of aliphatic hydroxyl groups excluding tert-OH is 1. The van der Waals surface area contributed by atoms with Crippen LogP contribution in [-0.2, 0) is 14.2 Å². The van der Waals surface area contributed by atoms with Crippen molar-refractivity contribution in [2.24, 2.45) is 5.92 Å². The fourth-order valence-corrected chi connectivity index (χ4v) is 1.46. The van der Waals surface area contributed by atoms with E-state index in [1.54, 1.807) is 20.8 Å². The van der Waals surface area contributed by atoms with E-state index >= 15 is 0 Å². The molecule has 16 heavy (non-hydrogen) atoms. The first-order valence-electron chi connectivity index (χ1n) is 5.00. The van der Waals surface area contributed by atoms with Crippen LogP contribution in [0.1, 0.15) is 20.8 Å². The van der Waals surface area contributed by atoms with Gasteiger partial charge in [-0.25, -0.2) is 0 Å². The lowest BCUT2D eigenvalue weighted by atomic mass is 10.1. The van der Waals surface area contributed by atoms with Crippen LogP contribution in [0.2, 0.25) is 0 Å². The molecule has 1 fully saturated rings. The molecule has 1 saturated heterocycles. The number of rotatable bonds is 3. The van der Waals surface area contributed by atoms with Gasteiger partial charge in [-0.15, -0.1) is 6.42 Å². The topological polar surface area (TPSA) is 68.2 Å². The summed E-state index contributed by atoms with van der Waals surface area (Å²) in [5.41, 5.74) is -0.588. The number of terminal acetylenes is 1. The van der Waals surface area contributed by atoms with Gasteiger partial charge in [0.2, 0.25) is 6.29 Å². The Bertz CT molecular complexity index is 267. The molecule has 5 nitrogen and oxygen atoms in total. The second-order valence-electron chi connectivity index (χ2n) is 4.47. The van der Waals surface area contributed by atoms with Gasteiger partial charge in [-0.05, 0) is 20.8 Å². The summed E-state index contributed by atoms with van der Waals surface area (Å²) < 4.78 is 16.2. The second kappa shape index (κ2) is 4.70. The van der Waals surface area contributed by atoms with Crippen LogP contribution < -0.4 is 0 Å². The Hall–Kier alpha value is -0.640. The van der Waals surface area contributed by atoms with E-state index in [0.717, 1.165) is 0 Å². The first-order valence-corrected chi connectivity index (χ1v) is 5.00. The first kappa shape index (κ1) is 13.4. The molecular formula is C11H17O5. The molecule has 0 bridgehead atoms. The van der Waals surface area contributed by atoms with E-state index in [1.165, 1.54) is 0 Å². The van der Waals surface area contributed by atoms with Crippen molar-refractivity contribution < 1.29 is 24.4 Å². The van der Waals surface area contributed by atoms with Crippen LogP contribution in [0.5, 0.6) is 0 Å². The van der Waals surface area contributed by atoms with E-state index < -0.39 is 23.8 Å². The quantitative estimate of drug-likeness (QED) is 0.706. The molecule has 0 amide bonds. The molecule has 1 aliphatic rings. The molecule has 0 spiro atoms. The number of ether oxygens (including phenoxy) is 3. The molecule has 1 unspecified atom stereocenters. The fraction of sp³-hybridized carbons (Fsp3) is 0.727. The second-order valence-corrected chi connectivity index (χ2v) is 4.47. The smallest absolute Gasteiger partial charge is 0.303 e. The number of hydrogen-bond donors (Lipinski definition) is 2. The van der Waals surface area contributed by atoms with E-state index in [-0.39, 0.29) is 0 Å². The Balaban J connectivity index is 2.92. The zero-order chi connectivity index (χ0) is 12.4. The van der Waals surface area contributed by atoms with Crippen LogP contribution in [0, 0.1) is 24.6 Å². The molecular weight excluding hydrogens is 212 g/mol. The molecule has 0 aromatic rings. The van der Waals surface area contributed by atoms with Crippen molar-refractivity contribution >= 4 is 0 Å². The number of aliphatic hydroxyl groups is 2. The summed E-state index contributed by atoms with van der Waals surface area (Å²) in [6.07, 6.45) is 4.28. The van der Waals surface area contributed by atoms with Gasteiger partial charge < -0.3 is 24.4 Å². The summed E-state index contributed by atoms with van der Waals surface area (Å²) in [7, 11) is 0. The van der Waals surface area contributed by atoms with Crippen LogP contribution in [0.15, 0.2) is 0 Å². The maximum Gasteiger partial charge on any atom is 0.303 e. The zero-order valence-corrected chi connectivity index (χ0v) is 9.69. The van der Waals surface area contributed by atoms with E-state index in [4.69, 9.17) is 30.8 Å². The van der Waals surface area contributed by atoms with Crippen LogP contribution in [0.3, 0.4) is 0 Å². The summed E-state index contributed by atoms with van der Waals surface area (Å²) in [5, 5.41) is 18.2. The molecule has 1 atom stereocenters. The highest BCUT2D eigenvalue weighted by molar-refractivity contribution is 5.06. The highest BCUT2D eigenvalue weighted by Crippen LogP contribution is 2.36. The van der Waals surface area contributed by atoms with Gasteiger partial charge in [0.1, 0.15) is 0 Å². The molecule has 91 valence electrons. The van der Waals surface area contributed by atoms with Gasteiger partial charge in [-0.3, -0.25) is 0 Å². The van der Waals surface area contributed by atoms with Crippen LogP contribution in [-0.4, -0.2) is 35.0 Å². The van der Waals surface area contributed by atoms with Crippen molar-refractivity contribution in [3.8, 4) is 12.3 Å². The SMILES string of the molecule is C#CC([C](O)O)C1(OC(C)(C)C)OCCO1. The lowest BCUT2D eigenvalue weighted by Gasteiger charge is -2.37. The van der Waals surface area contributed by atoms with Crippen molar-refractivity contribution in [3.63, 3.8) is 0 Å². The van der Waals surface area contributed by atoms with Crippen LogP contribution in [0.4, 0.5) is 0 Å². The van der Waals surface area contributed by atoms with Crippen LogP contribution >= 0.6 is 0 Å². The largest absolute Gasteiger partial charge is 0.360 e. The molecule has 1 rings (SSSR count). The average Bonchev–Trinajstić information content (AvgIpc) is 2.50. The molecule has 1 aliphatic heterocycles. The van der Waals surface area contributed by atoms with Gasteiger partial charge in [0.15, 0.2) is 5.92 Å². The minimum absolute atomic E-state index is 0.293. The zero-order valence-electron chi connectivity index (χ0n) is 9.69. The third-order valence-corrected chi connectivity index (χ3v) is 1.92. The lowest BCUT2D eigenvalue weighted by molar-refractivity contribution is -0.385. The monoisotopic (exact) mass is 229 g/mol. The molecule has 0 aromatic heterocycles. The Morgan fingerprint density at radius 1 is 1.38 bits per heavy atom. The van der Waals surface area contributed by atoms with Gasteiger partial charge in [0.25, 0.3) is 0 Å². The van der Waals surface area contributed by atoms with Crippen molar-refractivity contribution in [1.29, 1.82) is 0 Å². The Morgan fingerprint density at radius 3 is 2.19 bits per heavy atom. The maximum absolute atomic E-state index is 9.12. The Labute approximate surface area is 95.3 Å². The van der Waals surface area contributed by atoms with Gasteiger partial charge in [0, 0.05) is 0 Å². The fourth-order valence-electron chi connectivity index (χ4n) is 1.46. The van der Waals surface area contributed by atoms with E-state index in [9.17, 15) is 0 Å². The first-order chi connectivity index (χ1) is 7.31. The van der Waals surface area contributed by atoms with E-state index in [1.807, 2.05) is 0 Å². The molecule has 2 N–H and O–H groups in total. The molecule has 0 aromatic carbocycles. The van der Waals surface area contributed by atoms with Gasteiger partial charge >= 0.3 is 5.97 Å². The highest BCUT2D eigenvalue weighted by atomic mass is 16.9. The number of hydrogen-bond acceptors (Lipinski definition) is 5. The van der Waals surface area contributed by atoms with E-state index in [2.05, 4.69) is 5.92 Å². The molecule has 1 heterocycles. The normalized spacial score (nSPS) is 22.1. The molecule has 0 saturated carbocycles. The van der Waals surface area contributed by atoms with Crippen LogP contribution in [0.25, 0.3) is 0 Å². The third kappa shape index (κ3) is 2.94.